The van der Waals surface area contributed by atoms with Gasteiger partial charge in [-0.15, -0.1) is 12.4 Å². The van der Waals surface area contributed by atoms with Crippen molar-refractivity contribution in [2.75, 3.05) is 13.2 Å². The lowest BCUT2D eigenvalue weighted by Gasteiger charge is -2.30. The molecule has 1 fully saturated rings. The van der Waals surface area contributed by atoms with Crippen molar-refractivity contribution < 1.29 is 17.9 Å². The molecule has 0 aromatic heterocycles. The zero-order valence-corrected chi connectivity index (χ0v) is 8.33. The minimum atomic E-state index is -4.27. The quantitative estimate of drug-likeness (QED) is 0.558. The molecule has 86 valence electrons. The van der Waals surface area contributed by atoms with Crippen molar-refractivity contribution in [3.63, 3.8) is 0 Å². The number of halogens is 4. The van der Waals surface area contributed by atoms with E-state index in [4.69, 9.17) is 10.6 Å². The molecular formula is C7H14ClF3N2O. The largest absolute Gasteiger partial charge is 0.405 e. The summed E-state index contributed by atoms with van der Waals surface area (Å²) in [5.74, 6) is 4.42. The molecule has 0 aromatic carbocycles. The van der Waals surface area contributed by atoms with Crippen molar-refractivity contribution >= 4 is 12.4 Å². The van der Waals surface area contributed by atoms with E-state index in [1.54, 1.807) is 0 Å². The van der Waals surface area contributed by atoms with E-state index in [1.165, 1.54) is 0 Å². The van der Waals surface area contributed by atoms with Gasteiger partial charge in [-0.2, -0.15) is 13.2 Å². The van der Waals surface area contributed by atoms with Gasteiger partial charge in [0.1, 0.15) is 6.04 Å². The molecule has 7 heteroatoms. The smallest absolute Gasteiger partial charge is 0.381 e. The van der Waals surface area contributed by atoms with E-state index in [9.17, 15) is 13.2 Å². The number of alkyl halides is 3. The SMILES string of the molecule is Cl.NNC(C1CCOCC1)C(F)(F)F. The predicted octanol–water partition coefficient (Wildman–Crippen LogP) is 1.23. The summed E-state index contributed by atoms with van der Waals surface area (Å²) in [6.07, 6.45) is -3.44. The van der Waals surface area contributed by atoms with E-state index < -0.39 is 18.1 Å². The maximum Gasteiger partial charge on any atom is 0.405 e. The average Bonchev–Trinajstić information content (AvgIpc) is 2.05. The Morgan fingerprint density at radius 2 is 1.79 bits per heavy atom. The fraction of sp³-hybridized carbons (Fsp3) is 1.00. The van der Waals surface area contributed by atoms with E-state index >= 15 is 0 Å². The molecule has 0 spiro atoms. The first-order valence-electron chi connectivity index (χ1n) is 4.16. The first kappa shape index (κ1) is 14.0. The number of ether oxygens (including phenoxy) is 1. The lowest BCUT2D eigenvalue weighted by atomic mass is 9.92. The predicted molar refractivity (Wildman–Crippen MR) is 48.0 cm³/mol. The number of nitrogens with one attached hydrogen (secondary N) is 1. The third-order valence-electron chi connectivity index (χ3n) is 2.27. The van der Waals surface area contributed by atoms with Gasteiger partial charge in [0, 0.05) is 13.2 Å². The number of rotatable bonds is 2. The monoisotopic (exact) mass is 234 g/mol. The third kappa shape index (κ3) is 3.61. The molecule has 1 heterocycles. The van der Waals surface area contributed by atoms with Crippen LogP contribution in [-0.2, 0) is 4.74 Å². The average molecular weight is 235 g/mol. The van der Waals surface area contributed by atoms with Crippen LogP contribution < -0.4 is 11.3 Å². The number of nitrogens with two attached hydrogens (primary N) is 1. The van der Waals surface area contributed by atoms with Crippen molar-refractivity contribution in [1.82, 2.24) is 5.43 Å². The molecule has 1 unspecified atom stereocenters. The first-order valence-corrected chi connectivity index (χ1v) is 4.16. The van der Waals surface area contributed by atoms with Gasteiger partial charge < -0.3 is 4.74 Å². The maximum atomic E-state index is 12.3. The van der Waals surface area contributed by atoms with Gasteiger partial charge in [-0.05, 0) is 18.8 Å². The van der Waals surface area contributed by atoms with Crippen molar-refractivity contribution in [1.29, 1.82) is 0 Å². The molecule has 1 atom stereocenters. The summed E-state index contributed by atoms with van der Waals surface area (Å²) in [4.78, 5) is 0. The molecule has 1 saturated heterocycles. The lowest BCUT2D eigenvalue weighted by molar-refractivity contribution is -0.174. The molecule has 0 radical (unpaired) electrons. The Labute approximate surface area is 86.5 Å². The van der Waals surface area contributed by atoms with Crippen LogP contribution in [0.3, 0.4) is 0 Å². The molecule has 1 aliphatic heterocycles. The van der Waals surface area contributed by atoms with Gasteiger partial charge in [0.25, 0.3) is 0 Å². The van der Waals surface area contributed by atoms with Crippen LogP contribution in [0.2, 0.25) is 0 Å². The van der Waals surface area contributed by atoms with Gasteiger partial charge in [-0.1, -0.05) is 0 Å². The maximum absolute atomic E-state index is 12.3. The van der Waals surface area contributed by atoms with E-state index in [0.717, 1.165) is 0 Å². The number of hydrogen-bond donors (Lipinski definition) is 2. The van der Waals surface area contributed by atoms with Crippen LogP contribution in [0, 0.1) is 5.92 Å². The second-order valence-electron chi connectivity index (χ2n) is 3.14. The molecule has 1 aliphatic rings. The molecule has 3 N–H and O–H groups in total. The number of hydrogen-bond acceptors (Lipinski definition) is 3. The molecule has 0 saturated carbocycles. The summed E-state index contributed by atoms with van der Waals surface area (Å²) >= 11 is 0. The standard InChI is InChI=1S/C7H13F3N2O.ClH/c8-7(9,10)6(12-11)5-1-3-13-4-2-5;/h5-6,12H,1-4,11H2;1H. The molecular weight excluding hydrogens is 221 g/mol. The normalized spacial score (nSPS) is 21.4. The van der Waals surface area contributed by atoms with Crippen molar-refractivity contribution in [2.24, 2.45) is 11.8 Å². The van der Waals surface area contributed by atoms with Crippen LogP contribution in [0.1, 0.15) is 12.8 Å². The topological polar surface area (TPSA) is 47.3 Å². The molecule has 3 nitrogen and oxygen atoms in total. The summed E-state index contributed by atoms with van der Waals surface area (Å²) in [7, 11) is 0. The van der Waals surface area contributed by atoms with Crippen LogP contribution in [0.15, 0.2) is 0 Å². The fourth-order valence-corrected chi connectivity index (χ4v) is 1.55. The second kappa shape index (κ2) is 5.75. The molecule has 0 amide bonds. The van der Waals surface area contributed by atoms with Crippen LogP contribution >= 0.6 is 12.4 Å². The highest BCUT2D eigenvalue weighted by molar-refractivity contribution is 5.85. The zero-order chi connectivity index (χ0) is 9.90. The van der Waals surface area contributed by atoms with Crippen LogP contribution in [-0.4, -0.2) is 25.4 Å². The Hall–Kier alpha value is -0.0400. The summed E-state index contributed by atoms with van der Waals surface area (Å²) < 4.78 is 41.9. The van der Waals surface area contributed by atoms with Gasteiger partial charge in [0.05, 0.1) is 0 Å². The highest BCUT2D eigenvalue weighted by Crippen LogP contribution is 2.30. The van der Waals surface area contributed by atoms with Gasteiger partial charge in [0.2, 0.25) is 0 Å². The zero-order valence-electron chi connectivity index (χ0n) is 7.51. The van der Waals surface area contributed by atoms with Gasteiger partial charge >= 0.3 is 6.18 Å². The highest BCUT2D eigenvalue weighted by atomic mass is 35.5. The Kier molecular flexibility index (Phi) is 5.73. The van der Waals surface area contributed by atoms with Crippen molar-refractivity contribution in [2.45, 2.75) is 25.1 Å². The van der Waals surface area contributed by atoms with E-state index in [2.05, 4.69) is 0 Å². The second-order valence-corrected chi connectivity index (χ2v) is 3.14. The summed E-state index contributed by atoms with van der Waals surface area (Å²) in [5, 5.41) is 0. The molecule has 0 aliphatic carbocycles. The Bertz CT molecular complexity index is 162. The van der Waals surface area contributed by atoms with Crippen LogP contribution in [0.4, 0.5) is 13.2 Å². The van der Waals surface area contributed by atoms with Crippen LogP contribution in [0.25, 0.3) is 0 Å². The van der Waals surface area contributed by atoms with Gasteiger partial charge in [-0.3, -0.25) is 5.84 Å². The van der Waals surface area contributed by atoms with Crippen molar-refractivity contribution in [3.05, 3.63) is 0 Å². The molecule has 1 rings (SSSR count). The Balaban J connectivity index is 0.00000169. The highest BCUT2D eigenvalue weighted by Gasteiger charge is 2.44. The molecule has 14 heavy (non-hydrogen) atoms. The van der Waals surface area contributed by atoms with Gasteiger partial charge in [-0.25, -0.2) is 5.43 Å². The Morgan fingerprint density at radius 1 is 1.29 bits per heavy atom. The van der Waals surface area contributed by atoms with E-state index in [1.807, 2.05) is 5.43 Å². The summed E-state index contributed by atoms with van der Waals surface area (Å²) in [5.41, 5.74) is 1.83. The van der Waals surface area contributed by atoms with E-state index in [0.29, 0.717) is 26.1 Å². The van der Waals surface area contributed by atoms with Crippen LogP contribution in [0.5, 0.6) is 0 Å². The molecule has 0 aromatic rings. The lowest BCUT2D eigenvalue weighted by Crippen LogP contribution is -2.52. The minimum Gasteiger partial charge on any atom is -0.381 e. The summed E-state index contributed by atoms with van der Waals surface area (Å²) in [6, 6.07) is -1.60. The third-order valence-corrected chi connectivity index (χ3v) is 2.27. The first-order chi connectivity index (χ1) is 6.05. The van der Waals surface area contributed by atoms with Crippen molar-refractivity contribution in [3.8, 4) is 0 Å². The van der Waals surface area contributed by atoms with E-state index in [-0.39, 0.29) is 12.4 Å². The number of hydrazine groups is 1. The summed E-state index contributed by atoms with van der Waals surface area (Å²) in [6.45, 7) is 0.776. The Morgan fingerprint density at radius 3 is 2.14 bits per heavy atom. The van der Waals surface area contributed by atoms with Gasteiger partial charge in [0.15, 0.2) is 0 Å². The molecule has 0 bridgehead atoms. The fourth-order valence-electron chi connectivity index (χ4n) is 1.55. The minimum absolute atomic E-state index is 0.